The monoisotopic (exact) mass is 347 g/mol. The second-order valence-corrected chi connectivity index (χ2v) is 5.67. The van der Waals surface area contributed by atoms with Crippen molar-refractivity contribution in [3.05, 3.63) is 69.9 Å². The van der Waals surface area contributed by atoms with Crippen molar-refractivity contribution >= 4 is 38.3 Å². The molecule has 4 heteroatoms. The minimum atomic E-state index is 0.429. The Labute approximate surface area is 130 Å². The highest BCUT2D eigenvalue weighted by atomic mass is 79.9. The maximum absolute atomic E-state index is 6.19. The lowest BCUT2D eigenvalue weighted by Gasteiger charge is -2.10. The van der Waals surface area contributed by atoms with E-state index in [0.29, 0.717) is 6.61 Å². The van der Waals surface area contributed by atoms with Crippen molar-refractivity contribution < 1.29 is 4.74 Å². The van der Waals surface area contributed by atoms with Crippen LogP contribution in [-0.2, 0) is 6.61 Å². The predicted octanol–water partition coefficient (Wildman–Crippen LogP) is 5.23. The van der Waals surface area contributed by atoms with Crippen molar-refractivity contribution in [1.29, 1.82) is 0 Å². The molecule has 3 rings (SSSR count). The van der Waals surface area contributed by atoms with Crippen LogP contribution in [-0.4, -0.2) is 4.98 Å². The van der Waals surface area contributed by atoms with Gasteiger partial charge in [0.2, 0.25) is 0 Å². The maximum atomic E-state index is 6.19. The number of hydrogen-bond acceptors (Lipinski definition) is 2. The number of fused-ring (bicyclic) bond motifs is 1. The van der Waals surface area contributed by atoms with Crippen LogP contribution < -0.4 is 4.74 Å². The van der Waals surface area contributed by atoms with Gasteiger partial charge in [0.1, 0.15) is 12.4 Å². The van der Waals surface area contributed by atoms with Crippen LogP contribution in [0.1, 0.15) is 5.69 Å². The Hall–Kier alpha value is -1.58. The Morgan fingerprint density at radius 1 is 1.00 bits per heavy atom. The molecule has 0 unspecified atom stereocenters. The van der Waals surface area contributed by atoms with E-state index in [1.807, 2.05) is 48.5 Å². The highest BCUT2D eigenvalue weighted by Gasteiger charge is 2.05. The van der Waals surface area contributed by atoms with Gasteiger partial charge in [0, 0.05) is 26.5 Å². The maximum Gasteiger partial charge on any atom is 0.130 e. The molecule has 0 amide bonds. The summed E-state index contributed by atoms with van der Waals surface area (Å²) in [5.74, 6) is 0.815. The van der Waals surface area contributed by atoms with Gasteiger partial charge in [-0.1, -0.05) is 35.9 Å². The van der Waals surface area contributed by atoms with E-state index in [9.17, 15) is 0 Å². The van der Waals surface area contributed by atoms with Crippen molar-refractivity contribution in [2.45, 2.75) is 6.61 Å². The van der Waals surface area contributed by atoms with Crippen molar-refractivity contribution in [1.82, 2.24) is 4.98 Å². The lowest BCUT2D eigenvalue weighted by atomic mass is 10.1. The quantitative estimate of drug-likeness (QED) is 0.646. The average Bonchev–Trinajstić information content (AvgIpc) is 2.49. The van der Waals surface area contributed by atoms with Crippen molar-refractivity contribution in [2.75, 3.05) is 0 Å². The number of rotatable bonds is 3. The molecule has 20 heavy (non-hydrogen) atoms. The molecule has 0 saturated carbocycles. The van der Waals surface area contributed by atoms with Crippen LogP contribution in [0.25, 0.3) is 10.8 Å². The van der Waals surface area contributed by atoms with Gasteiger partial charge in [0.15, 0.2) is 0 Å². The zero-order valence-electron chi connectivity index (χ0n) is 10.5. The van der Waals surface area contributed by atoms with Crippen molar-refractivity contribution in [2.24, 2.45) is 0 Å². The fourth-order valence-corrected chi connectivity index (χ4v) is 2.47. The topological polar surface area (TPSA) is 22.1 Å². The average molecular weight is 349 g/mol. The third kappa shape index (κ3) is 2.79. The van der Waals surface area contributed by atoms with Gasteiger partial charge in [0.05, 0.1) is 5.69 Å². The number of pyridine rings is 1. The number of benzene rings is 2. The van der Waals surface area contributed by atoms with E-state index < -0.39 is 0 Å². The summed E-state index contributed by atoms with van der Waals surface area (Å²) in [6, 6.07) is 15.6. The molecule has 0 atom stereocenters. The molecule has 0 bridgehead atoms. The third-order valence-electron chi connectivity index (χ3n) is 3.00. The summed E-state index contributed by atoms with van der Waals surface area (Å²) in [6.07, 6.45) is 1.76. The molecule has 3 aromatic rings. The first-order valence-electron chi connectivity index (χ1n) is 6.14. The minimum Gasteiger partial charge on any atom is -0.487 e. The van der Waals surface area contributed by atoms with E-state index in [-0.39, 0.29) is 0 Å². The first-order chi connectivity index (χ1) is 9.74. The van der Waals surface area contributed by atoms with Gasteiger partial charge in [-0.2, -0.15) is 0 Å². The summed E-state index contributed by atoms with van der Waals surface area (Å²) in [5.41, 5.74) is 0.882. The standard InChI is InChI=1S/C16H11BrClNO/c17-11-5-6-12(19-9-11)10-20-16-8-7-15(18)13-3-1-2-4-14(13)16/h1-9H,10H2. The number of halogens is 2. The molecule has 1 heterocycles. The van der Waals surface area contributed by atoms with E-state index in [4.69, 9.17) is 16.3 Å². The molecule has 0 aliphatic carbocycles. The highest BCUT2D eigenvalue weighted by molar-refractivity contribution is 9.10. The fourth-order valence-electron chi connectivity index (χ4n) is 2.00. The van der Waals surface area contributed by atoms with Gasteiger partial charge < -0.3 is 4.74 Å². The van der Waals surface area contributed by atoms with Crippen molar-refractivity contribution in [3.8, 4) is 5.75 Å². The van der Waals surface area contributed by atoms with Crippen LogP contribution in [0.4, 0.5) is 0 Å². The Morgan fingerprint density at radius 3 is 2.55 bits per heavy atom. The highest BCUT2D eigenvalue weighted by Crippen LogP contribution is 2.31. The summed E-state index contributed by atoms with van der Waals surface area (Å²) in [6.45, 7) is 0.429. The first kappa shape index (κ1) is 13.4. The van der Waals surface area contributed by atoms with Crippen LogP contribution in [0.2, 0.25) is 5.02 Å². The lowest BCUT2D eigenvalue weighted by Crippen LogP contribution is -1.98. The van der Waals surface area contributed by atoms with Crippen LogP contribution >= 0.6 is 27.5 Å². The van der Waals surface area contributed by atoms with Crippen LogP contribution in [0, 0.1) is 0 Å². The summed E-state index contributed by atoms with van der Waals surface area (Å²) < 4.78 is 6.82. The van der Waals surface area contributed by atoms with Gasteiger partial charge in [0.25, 0.3) is 0 Å². The fraction of sp³-hybridized carbons (Fsp3) is 0.0625. The number of hydrogen-bond donors (Lipinski definition) is 0. The number of aromatic nitrogens is 1. The zero-order valence-corrected chi connectivity index (χ0v) is 12.9. The number of nitrogens with zero attached hydrogens (tertiary/aromatic N) is 1. The first-order valence-corrected chi connectivity index (χ1v) is 7.31. The van der Waals surface area contributed by atoms with Gasteiger partial charge in [-0.05, 0) is 40.2 Å². The molecule has 1 aromatic heterocycles. The van der Waals surface area contributed by atoms with Gasteiger partial charge >= 0.3 is 0 Å². The molecule has 0 radical (unpaired) electrons. The second kappa shape index (κ2) is 5.81. The molecule has 2 nitrogen and oxygen atoms in total. The van der Waals surface area contributed by atoms with E-state index >= 15 is 0 Å². The summed E-state index contributed by atoms with van der Waals surface area (Å²) in [4.78, 5) is 4.29. The lowest BCUT2D eigenvalue weighted by molar-refractivity contribution is 0.305. The minimum absolute atomic E-state index is 0.429. The Kier molecular flexibility index (Phi) is 3.90. The molecule has 2 aromatic carbocycles. The molecular formula is C16H11BrClNO. The van der Waals surface area contributed by atoms with Gasteiger partial charge in [-0.3, -0.25) is 4.98 Å². The molecule has 0 fully saturated rings. The number of ether oxygens (including phenoxy) is 1. The molecule has 0 spiro atoms. The summed E-state index contributed by atoms with van der Waals surface area (Å²) in [7, 11) is 0. The Morgan fingerprint density at radius 2 is 1.80 bits per heavy atom. The summed E-state index contributed by atoms with van der Waals surface area (Å²) >= 11 is 9.55. The smallest absolute Gasteiger partial charge is 0.130 e. The van der Waals surface area contributed by atoms with E-state index in [1.165, 1.54) is 0 Å². The third-order valence-corrected chi connectivity index (χ3v) is 3.79. The molecule has 0 N–H and O–H groups in total. The molecule has 100 valence electrons. The SMILES string of the molecule is Clc1ccc(OCc2ccc(Br)cn2)c2ccccc12. The Bertz CT molecular complexity index is 743. The molecule has 0 saturated heterocycles. The van der Waals surface area contributed by atoms with Crippen LogP contribution in [0.5, 0.6) is 5.75 Å². The van der Waals surface area contributed by atoms with Gasteiger partial charge in [-0.15, -0.1) is 0 Å². The van der Waals surface area contributed by atoms with E-state index in [0.717, 1.165) is 31.7 Å². The van der Waals surface area contributed by atoms with Crippen LogP contribution in [0.3, 0.4) is 0 Å². The largest absolute Gasteiger partial charge is 0.487 e. The molecular weight excluding hydrogens is 338 g/mol. The second-order valence-electron chi connectivity index (χ2n) is 4.35. The van der Waals surface area contributed by atoms with Crippen LogP contribution in [0.15, 0.2) is 59.2 Å². The molecule has 0 aliphatic heterocycles. The van der Waals surface area contributed by atoms with E-state index in [2.05, 4.69) is 20.9 Å². The zero-order chi connectivity index (χ0) is 13.9. The summed E-state index contributed by atoms with van der Waals surface area (Å²) in [5, 5.41) is 2.74. The van der Waals surface area contributed by atoms with Gasteiger partial charge in [-0.25, -0.2) is 0 Å². The molecule has 0 aliphatic rings. The predicted molar refractivity (Wildman–Crippen MR) is 85.2 cm³/mol. The normalized spacial score (nSPS) is 10.7. The van der Waals surface area contributed by atoms with Crippen molar-refractivity contribution in [3.63, 3.8) is 0 Å². The van der Waals surface area contributed by atoms with E-state index in [1.54, 1.807) is 6.20 Å². The Balaban J connectivity index is 1.88.